The number of carbonyl (C=O) groups excluding carboxylic acids is 1. The van der Waals surface area contributed by atoms with Crippen molar-refractivity contribution in [1.29, 1.82) is 0 Å². The number of aromatic nitrogens is 2. The van der Waals surface area contributed by atoms with E-state index in [2.05, 4.69) is 20.8 Å². The summed E-state index contributed by atoms with van der Waals surface area (Å²) in [5, 5.41) is 13.8. The SMILES string of the molecule is Cc1ccc(CNC(=O)NC2CCCCC2)nn1. The normalized spacial score (nSPS) is 16.3. The quantitative estimate of drug-likeness (QED) is 0.858. The lowest BCUT2D eigenvalue weighted by molar-refractivity contribution is 0.232. The van der Waals surface area contributed by atoms with Crippen molar-refractivity contribution in [2.75, 3.05) is 0 Å². The van der Waals surface area contributed by atoms with Crippen LogP contribution >= 0.6 is 0 Å². The van der Waals surface area contributed by atoms with E-state index in [0.29, 0.717) is 12.6 Å². The molecule has 0 unspecified atom stereocenters. The van der Waals surface area contributed by atoms with Crippen LogP contribution in [-0.4, -0.2) is 22.3 Å². The van der Waals surface area contributed by atoms with Gasteiger partial charge < -0.3 is 10.6 Å². The summed E-state index contributed by atoms with van der Waals surface area (Å²) >= 11 is 0. The van der Waals surface area contributed by atoms with E-state index in [-0.39, 0.29) is 6.03 Å². The van der Waals surface area contributed by atoms with Gasteiger partial charge in [0, 0.05) is 6.04 Å². The van der Waals surface area contributed by atoms with E-state index in [1.54, 1.807) is 0 Å². The number of carbonyl (C=O) groups is 1. The van der Waals surface area contributed by atoms with Gasteiger partial charge in [0.05, 0.1) is 17.9 Å². The van der Waals surface area contributed by atoms with Crippen LogP contribution < -0.4 is 10.6 Å². The molecule has 0 bridgehead atoms. The van der Waals surface area contributed by atoms with Gasteiger partial charge in [-0.25, -0.2) is 4.79 Å². The zero-order valence-corrected chi connectivity index (χ0v) is 10.8. The first-order valence-corrected chi connectivity index (χ1v) is 6.57. The van der Waals surface area contributed by atoms with E-state index in [9.17, 15) is 4.79 Å². The zero-order chi connectivity index (χ0) is 12.8. The Bertz CT molecular complexity index is 384. The first-order chi connectivity index (χ1) is 8.74. The Morgan fingerprint density at radius 1 is 1.28 bits per heavy atom. The molecule has 2 amide bonds. The van der Waals surface area contributed by atoms with E-state index < -0.39 is 0 Å². The van der Waals surface area contributed by atoms with Crippen molar-refractivity contribution in [3.63, 3.8) is 0 Å². The van der Waals surface area contributed by atoms with Gasteiger partial charge in [0.15, 0.2) is 0 Å². The van der Waals surface area contributed by atoms with Gasteiger partial charge in [0.1, 0.15) is 0 Å². The Morgan fingerprint density at radius 3 is 2.72 bits per heavy atom. The Labute approximate surface area is 107 Å². The monoisotopic (exact) mass is 248 g/mol. The lowest BCUT2D eigenvalue weighted by atomic mass is 9.96. The average molecular weight is 248 g/mol. The molecule has 0 spiro atoms. The highest BCUT2D eigenvalue weighted by Gasteiger charge is 2.15. The molecule has 0 radical (unpaired) electrons. The summed E-state index contributed by atoms with van der Waals surface area (Å²) in [5.41, 5.74) is 1.66. The second-order valence-corrected chi connectivity index (χ2v) is 4.83. The van der Waals surface area contributed by atoms with Gasteiger partial charge in [0.25, 0.3) is 0 Å². The summed E-state index contributed by atoms with van der Waals surface area (Å²) in [6.45, 7) is 2.31. The molecule has 0 aliphatic heterocycles. The van der Waals surface area contributed by atoms with Crippen LogP contribution in [0.15, 0.2) is 12.1 Å². The van der Waals surface area contributed by atoms with Crippen LogP contribution in [0.2, 0.25) is 0 Å². The van der Waals surface area contributed by atoms with E-state index in [4.69, 9.17) is 0 Å². The minimum atomic E-state index is -0.107. The van der Waals surface area contributed by atoms with Gasteiger partial charge in [-0.15, -0.1) is 0 Å². The number of rotatable bonds is 3. The third-order valence-corrected chi connectivity index (χ3v) is 3.22. The molecule has 0 saturated heterocycles. The lowest BCUT2D eigenvalue weighted by Crippen LogP contribution is -2.42. The molecule has 1 aliphatic rings. The fourth-order valence-electron chi connectivity index (χ4n) is 2.18. The van der Waals surface area contributed by atoms with E-state index in [1.165, 1.54) is 19.3 Å². The summed E-state index contributed by atoms with van der Waals surface area (Å²) in [7, 11) is 0. The molecule has 18 heavy (non-hydrogen) atoms. The molecule has 5 heteroatoms. The first kappa shape index (κ1) is 12.8. The van der Waals surface area contributed by atoms with Crippen LogP contribution in [-0.2, 0) is 6.54 Å². The summed E-state index contributed by atoms with van der Waals surface area (Å²) < 4.78 is 0. The van der Waals surface area contributed by atoms with Gasteiger partial charge in [-0.3, -0.25) is 0 Å². The van der Waals surface area contributed by atoms with Crippen LogP contribution in [0.3, 0.4) is 0 Å². The first-order valence-electron chi connectivity index (χ1n) is 6.57. The molecule has 1 aliphatic carbocycles. The van der Waals surface area contributed by atoms with Gasteiger partial charge >= 0.3 is 6.03 Å². The van der Waals surface area contributed by atoms with E-state index >= 15 is 0 Å². The Kier molecular flexibility index (Phi) is 4.50. The van der Waals surface area contributed by atoms with Gasteiger partial charge in [-0.1, -0.05) is 19.3 Å². The highest BCUT2D eigenvalue weighted by atomic mass is 16.2. The number of amides is 2. The van der Waals surface area contributed by atoms with Crippen molar-refractivity contribution >= 4 is 6.03 Å². The second-order valence-electron chi connectivity index (χ2n) is 4.83. The highest BCUT2D eigenvalue weighted by Crippen LogP contribution is 2.17. The molecule has 2 rings (SSSR count). The molecule has 0 aromatic carbocycles. The highest BCUT2D eigenvalue weighted by molar-refractivity contribution is 5.74. The Balaban J connectivity index is 1.72. The van der Waals surface area contributed by atoms with E-state index in [1.807, 2.05) is 19.1 Å². The second kappa shape index (κ2) is 6.33. The molecule has 0 atom stereocenters. The van der Waals surface area contributed by atoms with Crippen LogP contribution in [0.4, 0.5) is 4.79 Å². The predicted molar refractivity (Wildman–Crippen MR) is 69.0 cm³/mol. The number of hydrogen-bond acceptors (Lipinski definition) is 3. The molecule has 5 nitrogen and oxygen atoms in total. The van der Waals surface area contributed by atoms with Crippen molar-refractivity contribution in [1.82, 2.24) is 20.8 Å². The average Bonchev–Trinajstić information content (AvgIpc) is 2.39. The maximum atomic E-state index is 11.7. The number of urea groups is 1. The Hall–Kier alpha value is -1.65. The molecule has 1 aromatic heterocycles. The molecular weight excluding hydrogens is 228 g/mol. The van der Waals surface area contributed by atoms with E-state index in [0.717, 1.165) is 24.2 Å². The molecule has 1 aromatic rings. The summed E-state index contributed by atoms with van der Waals surface area (Å²) in [4.78, 5) is 11.7. The molecule has 2 N–H and O–H groups in total. The Morgan fingerprint density at radius 2 is 2.06 bits per heavy atom. The fourth-order valence-corrected chi connectivity index (χ4v) is 2.18. The third kappa shape index (κ3) is 3.98. The molecule has 1 saturated carbocycles. The molecular formula is C13H20N4O. The topological polar surface area (TPSA) is 66.9 Å². The zero-order valence-electron chi connectivity index (χ0n) is 10.8. The predicted octanol–water partition coefficient (Wildman–Crippen LogP) is 1.92. The van der Waals surface area contributed by atoms with Crippen molar-refractivity contribution in [3.8, 4) is 0 Å². The standard InChI is InChI=1S/C13H20N4O/c1-10-7-8-12(17-16-10)9-14-13(18)15-11-5-3-2-4-6-11/h7-8,11H,2-6,9H2,1H3,(H2,14,15,18). The van der Waals surface area contributed by atoms with Crippen LogP contribution in [0.25, 0.3) is 0 Å². The van der Waals surface area contributed by atoms with Crippen molar-refractivity contribution in [3.05, 3.63) is 23.5 Å². The van der Waals surface area contributed by atoms with Crippen LogP contribution in [0.1, 0.15) is 43.5 Å². The number of nitrogens with zero attached hydrogens (tertiary/aromatic N) is 2. The maximum Gasteiger partial charge on any atom is 0.315 e. The smallest absolute Gasteiger partial charge is 0.315 e. The third-order valence-electron chi connectivity index (χ3n) is 3.22. The van der Waals surface area contributed by atoms with Gasteiger partial charge in [-0.2, -0.15) is 10.2 Å². The molecule has 1 heterocycles. The van der Waals surface area contributed by atoms with Gasteiger partial charge in [-0.05, 0) is 31.9 Å². The van der Waals surface area contributed by atoms with Crippen molar-refractivity contribution < 1.29 is 4.79 Å². The van der Waals surface area contributed by atoms with Crippen molar-refractivity contribution in [2.45, 2.75) is 51.6 Å². The van der Waals surface area contributed by atoms with Crippen LogP contribution in [0.5, 0.6) is 0 Å². The lowest BCUT2D eigenvalue weighted by Gasteiger charge is -2.22. The summed E-state index contributed by atoms with van der Waals surface area (Å²) in [6.07, 6.45) is 5.91. The maximum absolute atomic E-state index is 11.7. The van der Waals surface area contributed by atoms with Crippen LogP contribution in [0, 0.1) is 6.92 Å². The number of aryl methyl sites for hydroxylation is 1. The van der Waals surface area contributed by atoms with Gasteiger partial charge in [0.2, 0.25) is 0 Å². The minimum absolute atomic E-state index is 0.107. The summed E-state index contributed by atoms with van der Waals surface area (Å²) in [6, 6.07) is 4.00. The van der Waals surface area contributed by atoms with Crippen molar-refractivity contribution in [2.24, 2.45) is 0 Å². The fraction of sp³-hybridized carbons (Fsp3) is 0.615. The molecule has 98 valence electrons. The number of nitrogens with one attached hydrogen (secondary N) is 2. The molecule has 1 fully saturated rings. The largest absolute Gasteiger partial charge is 0.335 e. The minimum Gasteiger partial charge on any atom is -0.335 e. The number of hydrogen-bond donors (Lipinski definition) is 2. The summed E-state index contributed by atoms with van der Waals surface area (Å²) in [5.74, 6) is 0.